The molecule has 3 aromatic carbocycles. The van der Waals surface area contributed by atoms with E-state index in [0.29, 0.717) is 21.6 Å². The highest BCUT2D eigenvalue weighted by Crippen LogP contribution is 2.38. The van der Waals surface area contributed by atoms with Crippen molar-refractivity contribution in [1.29, 1.82) is 0 Å². The van der Waals surface area contributed by atoms with Crippen LogP contribution < -0.4 is 9.47 Å². The average Bonchev–Trinajstić information content (AvgIpc) is 3.26. The number of nitrogens with one attached hydrogen (secondary N) is 1. The van der Waals surface area contributed by atoms with E-state index in [1.807, 2.05) is 66.7 Å². The van der Waals surface area contributed by atoms with Crippen molar-refractivity contribution in [2.75, 3.05) is 14.2 Å². The van der Waals surface area contributed by atoms with E-state index in [-0.39, 0.29) is 0 Å². The molecule has 0 radical (unpaired) electrons. The van der Waals surface area contributed by atoms with Gasteiger partial charge in [-0.05, 0) is 41.8 Å². The van der Waals surface area contributed by atoms with Gasteiger partial charge in [0, 0.05) is 17.1 Å². The number of para-hydroxylation sites is 2. The molecule has 0 fully saturated rings. The minimum absolute atomic E-state index is 0.410. The van der Waals surface area contributed by atoms with Gasteiger partial charge >= 0.3 is 0 Å². The van der Waals surface area contributed by atoms with E-state index in [4.69, 9.17) is 9.47 Å². The van der Waals surface area contributed by atoms with Gasteiger partial charge in [0.05, 0.1) is 35.8 Å². The Kier molecular flexibility index (Phi) is 4.88. The number of hydrogen-bond acceptors (Lipinski definition) is 5. The van der Waals surface area contributed by atoms with Gasteiger partial charge in [-0.1, -0.05) is 30.3 Å². The van der Waals surface area contributed by atoms with Gasteiger partial charge in [0.2, 0.25) is 5.16 Å². The first-order valence-electron chi connectivity index (χ1n) is 9.66. The zero-order valence-electron chi connectivity index (χ0n) is 17.0. The molecule has 2 heterocycles. The number of rotatable bonds is 5. The molecule has 0 saturated carbocycles. The summed E-state index contributed by atoms with van der Waals surface area (Å²) in [6, 6.07) is 20.9. The van der Waals surface area contributed by atoms with Crippen LogP contribution in [-0.4, -0.2) is 33.4 Å². The number of hydrogen-bond donors (Lipinski definition) is 1. The van der Waals surface area contributed by atoms with Gasteiger partial charge in [-0.15, -0.1) is 0 Å². The number of aromatic nitrogens is 3. The fourth-order valence-electron chi connectivity index (χ4n) is 3.66. The lowest BCUT2D eigenvalue weighted by molar-refractivity contribution is 0.356. The molecule has 7 heteroatoms. The summed E-state index contributed by atoms with van der Waals surface area (Å²) in [5.74, 6) is 1.26. The SMILES string of the molecule is COc1cc2ccnc(-c3ccccc3S(=O)c3nc4ccccc4[nH]3)c2cc1OC. The van der Waals surface area contributed by atoms with E-state index >= 15 is 0 Å². The predicted octanol–water partition coefficient (Wildman–Crippen LogP) is 4.96. The highest BCUT2D eigenvalue weighted by atomic mass is 32.2. The van der Waals surface area contributed by atoms with Crippen LogP contribution in [0.5, 0.6) is 11.5 Å². The Bertz CT molecular complexity index is 1410. The van der Waals surface area contributed by atoms with Crippen molar-refractivity contribution >= 4 is 32.6 Å². The van der Waals surface area contributed by atoms with Gasteiger partial charge in [-0.3, -0.25) is 4.98 Å². The highest BCUT2D eigenvalue weighted by molar-refractivity contribution is 7.85. The smallest absolute Gasteiger partial charge is 0.202 e. The predicted molar refractivity (Wildman–Crippen MR) is 121 cm³/mol. The normalized spacial score (nSPS) is 12.2. The number of H-pyrrole nitrogens is 1. The third kappa shape index (κ3) is 3.33. The molecule has 0 saturated heterocycles. The average molecular weight is 430 g/mol. The first-order chi connectivity index (χ1) is 15.2. The van der Waals surface area contributed by atoms with Crippen LogP contribution in [0.15, 0.2) is 83.0 Å². The molecule has 1 atom stereocenters. The molecule has 1 unspecified atom stereocenters. The summed E-state index contributed by atoms with van der Waals surface area (Å²) >= 11 is 0. The lowest BCUT2D eigenvalue weighted by Crippen LogP contribution is -1.99. The molecule has 6 nitrogen and oxygen atoms in total. The molecule has 5 rings (SSSR count). The fourth-order valence-corrected chi connectivity index (χ4v) is 4.82. The number of ether oxygens (including phenoxy) is 2. The van der Waals surface area contributed by atoms with Gasteiger partial charge in [-0.2, -0.15) is 0 Å². The van der Waals surface area contributed by atoms with E-state index in [1.165, 1.54) is 0 Å². The number of methoxy groups -OCH3 is 2. The summed E-state index contributed by atoms with van der Waals surface area (Å²) < 4.78 is 24.4. The van der Waals surface area contributed by atoms with E-state index in [0.717, 1.165) is 33.1 Å². The Balaban J connectivity index is 1.69. The van der Waals surface area contributed by atoms with E-state index < -0.39 is 10.8 Å². The number of pyridine rings is 1. The van der Waals surface area contributed by atoms with Crippen molar-refractivity contribution in [1.82, 2.24) is 15.0 Å². The first-order valence-corrected chi connectivity index (χ1v) is 10.8. The zero-order valence-corrected chi connectivity index (χ0v) is 17.8. The molecular weight excluding hydrogens is 410 g/mol. The molecule has 0 aliphatic rings. The van der Waals surface area contributed by atoms with Crippen molar-refractivity contribution < 1.29 is 13.7 Å². The molecule has 5 aromatic rings. The minimum atomic E-state index is -1.51. The van der Waals surface area contributed by atoms with Crippen molar-refractivity contribution in [2.24, 2.45) is 0 Å². The molecule has 31 heavy (non-hydrogen) atoms. The monoisotopic (exact) mass is 429 g/mol. The van der Waals surface area contributed by atoms with Crippen LogP contribution in [0.2, 0.25) is 0 Å². The minimum Gasteiger partial charge on any atom is -0.493 e. The van der Waals surface area contributed by atoms with Gasteiger partial charge in [0.15, 0.2) is 11.5 Å². The van der Waals surface area contributed by atoms with Crippen LogP contribution >= 0.6 is 0 Å². The molecule has 0 bridgehead atoms. The van der Waals surface area contributed by atoms with Gasteiger partial charge in [0.25, 0.3) is 0 Å². The first kappa shape index (κ1) is 19.3. The zero-order chi connectivity index (χ0) is 21.4. The number of fused-ring (bicyclic) bond motifs is 2. The molecule has 2 aromatic heterocycles. The fraction of sp³-hybridized carbons (Fsp3) is 0.0833. The standard InChI is InChI=1S/C24H19N3O3S/c1-29-20-13-15-11-12-25-23(17(15)14-21(20)30-2)16-7-3-6-10-22(16)31(28)24-26-18-8-4-5-9-19(18)27-24/h3-14H,1-2H3,(H,26,27). The Morgan fingerprint density at radius 1 is 0.903 bits per heavy atom. The summed E-state index contributed by atoms with van der Waals surface area (Å²) in [5, 5.41) is 2.24. The van der Waals surface area contributed by atoms with Crippen molar-refractivity contribution in [2.45, 2.75) is 10.1 Å². The largest absolute Gasteiger partial charge is 0.493 e. The van der Waals surface area contributed by atoms with Crippen LogP contribution in [0.4, 0.5) is 0 Å². The van der Waals surface area contributed by atoms with Crippen LogP contribution in [0.25, 0.3) is 33.1 Å². The number of imidazole rings is 1. The van der Waals surface area contributed by atoms with Crippen LogP contribution in [0.1, 0.15) is 0 Å². The maximum absolute atomic E-state index is 13.5. The quantitative estimate of drug-likeness (QED) is 0.427. The Labute approximate surface area is 181 Å². The molecule has 0 spiro atoms. The summed E-state index contributed by atoms with van der Waals surface area (Å²) in [5.41, 5.74) is 3.13. The van der Waals surface area contributed by atoms with Gasteiger partial charge < -0.3 is 14.5 Å². The second kappa shape index (κ2) is 7.85. The van der Waals surface area contributed by atoms with Crippen LogP contribution in [-0.2, 0) is 10.8 Å². The van der Waals surface area contributed by atoms with Gasteiger partial charge in [-0.25, -0.2) is 9.19 Å². The maximum Gasteiger partial charge on any atom is 0.202 e. The lowest BCUT2D eigenvalue weighted by atomic mass is 10.0. The molecule has 1 N–H and O–H groups in total. The third-order valence-corrected chi connectivity index (χ3v) is 6.45. The van der Waals surface area contributed by atoms with Crippen molar-refractivity contribution in [3.63, 3.8) is 0 Å². The summed E-state index contributed by atoms with van der Waals surface area (Å²) in [4.78, 5) is 13.0. The van der Waals surface area contributed by atoms with Crippen LogP contribution in [0.3, 0.4) is 0 Å². The second-order valence-corrected chi connectivity index (χ2v) is 8.28. The summed E-state index contributed by atoms with van der Waals surface area (Å²) in [6.07, 6.45) is 1.74. The molecule has 0 amide bonds. The number of aromatic amines is 1. The summed E-state index contributed by atoms with van der Waals surface area (Å²) in [7, 11) is 1.70. The van der Waals surface area contributed by atoms with E-state index in [9.17, 15) is 4.21 Å². The Hall–Kier alpha value is -3.71. The van der Waals surface area contributed by atoms with E-state index in [2.05, 4.69) is 15.0 Å². The molecule has 154 valence electrons. The Morgan fingerprint density at radius 2 is 1.65 bits per heavy atom. The topological polar surface area (TPSA) is 77.1 Å². The highest BCUT2D eigenvalue weighted by Gasteiger charge is 2.19. The lowest BCUT2D eigenvalue weighted by Gasteiger charge is -2.13. The molecule has 0 aliphatic carbocycles. The number of benzene rings is 3. The van der Waals surface area contributed by atoms with E-state index in [1.54, 1.807) is 20.4 Å². The summed E-state index contributed by atoms with van der Waals surface area (Å²) in [6.45, 7) is 0. The van der Waals surface area contributed by atoms with Crippen LogP contribution in [0, 0.1) is 0 Å². The third-order valence-electron chi connectivity index (χ3n) is 5.15. The number of nitrogens with zero attached hydrogens (tertiary/aromatic N) is 2. The maximum atomic E-state index is 13.5. The van der Waals surface area contributed by atoms with Crippen molar-refractivity contribution in [3.8, 4) is 22.8 Å². The molecular formula is C24H19N3O3S. The van der Waals surface area contributed by atoms with Gasteiger partial charge in [0.1, 0.15) is 10.8 Å². The van der Waals surface area contributed by atoms with Crippen molar-refractivity contribution in [3.05, 3.63) is 72.9 Å². The Morgan fingerprint density at radius 3 is 2.45 bits per heavy atom. The molecule has 0 aliphatic heterocycles. The second-order valence-electron chi connectivity index (χ2n) is 6.91.